The lowest BCUT2D eigenvalue weighted by Gasteiger charge is -2.27. The molecule has 1 aliphatic rings. The van der Waals surface area contributed by atoms with Gasteiger partial charge in [0.1, 0.15) is 0 Å². The molecule has 1 N–H and O–H groups in total. The molecule has 3 rings (SSSR count). The molecule has 1 unspecified atom stereocenters. The zero-order valence-corrected chi connectivity index (χ0v) is 12.8. The van der Waals surface area contributed by atoms with Crippen molar-refractivity contribution in [2.45, 2.75) is 25.8 Å². The molecular weight excluding hydrogens is 278 g/mol. The molecule has 2 heterocycles. The Morgan fingerprint density at radius 1 is 1.41 bits per heavy atom. The van der Waals surface area contributed by atoms with Crippen molar-refractivity contribution in [2.75, 3.05) is 19.6 Å². The average molecular weight is 299 g/mol. The quantitative estimate of drug-likeness (QED) is 0.908. The van der Waals surface area contributed by atoms with Gasteiger partial charge in [-0.25, -0.2) is 4.68 Å². The minimum Gasteiger partial charge on any atom is -0.333 e. The highest BCUT2D eigenvalue weighted by Crippen LogP contribution is 2.14. The van der Waals surface area contributed by atoms with Gasteiger partial charge in [0.05, 0.1) is 11.9 Å². The first kappa shape index (κ1) is 14.7. The maximum absolute atomic E-state index is 12.7. The molecule has 1 saturated heterocycles. The highest BCUT2D eigenvalue weighted by molar-refractivity contribution is 5.92. The number of carbonyl (C=O) groups is 1. The number of carbonyl (C=O) groups excluding carboxylic acids is 1. The van der Waals surface area contributed by atoms with E-state index in [0.29, 0.717) is 5.69 Å². The molecule has 1 atom stereocenters. The summed E-state index contributed by atoms with van der Waals surface area (Å²) in [4.78, 5) is 14.7. The normalized spacial score (nSPS) is 17.6. The first-order chi connectivity index (χ1) is 10.8. The highest BCUT2D eigenvalue weighted by Gasteiger charge is 2.28. The van der Waals surface area contributed by atoms with Crippen molar-refractivity contribution < 1.29 is 4.79 Å². The second-order valence-corrected chi connectivity index (χ2v) is 5.53. The number of nitrogens with one attached hydrogen (secondary N) is 1. The molecule has 1 fully saturated rings. The number of hydrogen-bond acceptors (Lipinski definition) is 4. The summed E-state index contributed by atoms with van der Waals surface area (Å²) in [6.07, 6.45) is 3.65. The van der Waals surface area contributed by atoms with E-state index in [1.165, 1.54) is 0 Å². The molecule has 1 aliphatic heterocycles. The van der Waals surface area contributed by atoms with Crippen LogP contribution >= 0.6 is 0 Å². The number of hydrogen-bond donors (Lipinski definition) is 1. The third kappa shape index (κ3) is 3.01. The zero-order valence-electron chi connectivity index (χ0n) is 12.8. The van der Waals surface area contributed by atoms with Crippen LogP contribution in [0, 0.1) is 0 Å². The summed E-state index contributed by atoms with van der Waals surface area (Å²) < 4.78 is 1.64. The van der Waals surface area contributed by atoms with E-state index in [4.69, 9.17) is 0 Å². The Kier molecular flexibility index (Phi) is 4.48. The molecule has 6 heteroatoms. The predicted molar refractivity (Wildman–Crippen MR) is 84.0 cm³/mol. The number of aromatic nitrogens is 3. The van der Waals surface area contributed by atoms with E-state index < -0.39 is 0 Å². The van der Waals surface area contributed by atoms with Crippen molar-refractivity contribution in [1.82, 2.24) is 25.2 Å². The third-order valence-electron chi connectivity index (χ3n) is 3.93. The van der Waals surface area contributed by atoms with Crippen LogP contribution in [0.5, 0.6) is 0 Å². The van der Waals surface area contributed by atoms with Gasteiger partial charge in [0.15, 0.2) is 5.69 Å². The summed E-state index contributed by atoms with van der Waals surface area (Å²) in [5.41, 5.74) is 1.31. The lowest BCUT2D eigenvalue weighted by Crippen LogP contribution is -2.42. The Hall–Kier alpha value is -2.21. The highest BCUT2D eigenvalue weighted by atomic mass is 16.2. The van der Waals surface area contributed by atoms with Crippen LogP contribution < -0.4 is 5.32 Å². The van der Waals surface area contributed by atoms with Gasteiger partial charge in [-0.2, -0.15) is 0 Å². The van der Waals surface area contributed by atoms with Gasteiger partial charge in [0, 0.05) is 19.1 Å². The molecule has 2 aromatic rings. The van der Waals surface area contributed by atoms with Crippen LogP contribution in [0.25, 0.3) is 5.69 Å². The lowest BCUT2D eigenvalue weighted by molar-refractivity contribution is 0.0686. The maximum Gasteiger partial charge on any atom is 0.276 e. The third-order valence-corrected chi connectivity index (χ3v) is 3.93. The number of rotatable bonds is 5. The number of benzene rings is 1. The molecule has 0 radical (unpaired) electrons. The molecule has 0 spiro atoms. The van der Waals surface area contributed by atoms with Crippen LogP contribution in [0.4, 0.5) is 0 Å². The second-order valence-electron chi connectivity index (χ2n) is 5.53. The van der Waals surface area contributed by atoms with Crippen molar-refractivity contribution in [1.29, 1.82) is 0 Å². The molecule has 0 aliphatic carbocycles. The van der Waals surface area contributed by atoms with E-state index in [1.807, 2.05) is 35.2 Å². The molecule has 6 nitrogen and oxygen atoms in total. The Bertz CT molecular complexity index is 618. The largest absolute Gasteiger partial charge is 0.333 e. The summed E-state index contributed by atoms with van der Waals surface area (Å²) in [7, 11) is 0. The molecule has 1 aromatic heterocycles. The van der Waals surface area contributed by atoms with Crippen LogP contribution in [0.1, 0.15) is 30.3 Å². The summed E-state index contributed by atoms with van der Waals surface area (Å²) >= 11 is 0. The van der Waals surface area contributed by atoms with Crippen LogP contribution in [-0.2, 0) is 0 Å². The molecule has 22 heavy (non-hydrogen) atoms. The van der Waals surface area contributed by atoms with Crippen molar-refractivity contribution in [3.8, 4) is 5.69 Å². The second kappa shape index (κ2) is 6.70. The first-order valence-electron chi connectivity index (χ1n) is 7.79. The topological polar surface area (TPSA) is 63.1 Å². The fourth-order valence-corrected chi connectivity index (χ4v) is 2.81. The molecule has 0 bridgehead atoms. The van der Waals surface area contributed by atoms with E-state index >= 15 is 0 Å². The van der Waals surface area contributed by atoms with Crippen LogP contribution in [0.2, 0.25) is 0 Å². The smallest absolute Gasteiger partial charge is 0.276 e. The zero-order chi connectivity index (χ0) is 15.4. The summed E-state index contributed by atoms with van der Waals surface area (Å²) in [5, 5.41) is 11.5. The number of nitrogens with zero attached hydrogens (tertiary/aromatic N) is 4. The Labute approximate surface area is 130 Å². The standard InChI is InChI=1S/C16H21N5O/c1-2-10-20(14-8-9-17-11-14)16(22)15-12-21(19-18-15)13-6-4-3-5-7-13/h3-7,12,14,17H,2,8-11H2,1H3. The number of para-hydroxylation sites is 1. The van der Waals surface area contributed by atoms with E-state index in [-0.39, 0.29) is 11.9 Å². The molecule has 1 aromatic carbocycles. The van der Waals surface area contributed by atoms with Crippen molar-refractivity contribution in [3.05, 3.63) is 42.2 Å². The van der Waals surface area contributed by atoms with Crippen molar-refractivity contribution in [3.63, 3.8) is 0 Å². The number of amides is 1. The van der Waals surface area contributed by atoms with Gasteiger partial charge in [-0.15, -0.1) is 5.10 Å². The van der Waals surface area contributed by atoms with Gasteiger partial charge in [-0.05, 0) is 31.5 Å². The monoisotopic (exact) mass is 299 g/mol. The van der Waals surface area contributed by atoms with Gasteiger partial charge in [0.2, 0.25) is 0 Å². The summed E-state index contributed by atoms with van der Waals surface area (Å²) in [5.74, 6) is -0.0299. The van der Waals surface area contributed by atoms with Gasteiger partial charge < -0.3 is 10.2 Å². The van der Waals surface area contributed by atoms with Crippen molar-refractivity contribution >= 4 is 5.91 Å². The minimum atomic E-state index is -0.0299. The van der Waals surface area contributed by atoms with Crippen molar-refractivity contribution in [2.24, 2.45) is 0 Å². The average Bonchev–Trinajstić information content (AvgIpc) is 3.24. The molecule has 116 valence electrons. The predicted octanol–water partition coefficient (Wildman–Crippen LogP) is 1.48. The Morgan fingerprint density at radius 3 is 2.91 bits per heavy atom. The van der Waals surface area contributed by atoms with E-state index in [0.717, 1.165) is 38.2 Å². The summed E-state index contributed by atoms with van der Waals surface area (Å²) in [6.45, 7) is 4.67. The van der Waals surface area contributed by atoms with E-state index in [9.17, 15) is 4.79 Å². The molecule has 0 saturated carbocycles. The Morgan fingerprint density at radius 2 is 2.23 bits per heavy atom. The van der Waals surface area contributed by atoms with Gasteiger partial charge in [-0.3, -0.25) is 4.79 Å². The molecular formula is C16H21N5O. The van der Waals surface area contributed by atoms with Crippen LogP contribution in [0.3, 0.4) is 0 Å². The first-order valence-corrected chi connectivity index (χ1v) is 7.79. The van der Waals surface area contributed by atoms with E-state index in [2.05, 4.69) is 22.6 Å². The minimum absolute atomic E-state index is 0.0299. The van der Waals surface area contributed by atoms with Gasteiger partial charge >= 0.3 is 0 Å². The Balaban J connectivity index is 1.80. The van der Waals surface area contributed by atoms with Gasteiger partial charge in [-0.1, -0.05) is 30.3 Å². The van der Waals surface area contributed by atoms with Gasteiger partial charge in [0.25, 0.3) is 5.91 Å². The fourth-order valence-electron chi connectivity index (χ4n) is 2.81. The molecule has 1 amide bonds. The maximum atomic E-state index is 12.7. The summed E-state index contributed by atoms with van der Waals surface area (Å²) in [6, 6.07) is 9.96. The van der Waals surface area contributed by atoms with Crippen LogP contribution in [-0.4, -0.2) is 51.5 Å². The lowest BCUT2D eigenvalue weighted by atomic mass is 10.2. The SMILES string of the molecule is CCCN(C(=O)c1cn(-c2ccccc2)nn1)C1CCNC1. The fraction of sp³-hybridized carbons (Fsp3) is 0.438. The van der Waals surface area contributed by atoms with E-state index in [1.54, 1.807) is 10.9 Å². The van der Waals surface area contributed by atoms with Crippen LogP contribution in [0.15, 0.2) is 36.5 Å².